The third kappa shape index (κ3) is 6.96. The lowest BCUT2D eigenvalue weighted by Gasteiger charge is -2.16. The summed E-state index contributed by atoms with van der Waals surface area (Å²) in [6.07, 6.45) is 5.05. The Morgan fingerprint density at radius 3 is 2.42 bits per heavy atom. The number of ether oxygens (including phenoxy) is 3. The Morgan fingerprint density at radius 2 is 1.65 bits per heavy atom. The van der Waals surface area contributed by atoms with Gasteiger partial charge in [-0.3, -0.25) is 0 Å². The van der Waals surface area contributed by atoms with E-state index in [-0.39, 0.29) is 0 Å². The molecule has 0 bridgehead atoms. The third-order valence-electron chi connectivity index (χ3n) is 4.14. The highest BCUT2D eigenvalue weighted by molar-refractivity contribution is 5.46. The van der Waals surface area contributed by atoms with Crippen LogP contribution in [-0.4, -0.2) is 26.9 Å². The molecule has 0 atom stereocenters. The third-order valence-corrected chi connectivity index (χ3v) is 4.14. The molecule has 0 aliphatic heterocycles. The highest BCUT2D eigenvalue weighted by Crippen LogP contribution is 2.31. The van der Waals surface area contributed by atoms with E-state index in [2.05, 4.69) is 18.3 Å². The summed E-state index contributed by atoms with van der Waals surface area (Å²) in [4.78, 5) is 0. The van der Waals surface area contributed by atoms with Crippen LogP contribution in [0.15, 0.2) is 48.5 Å². The minimum atomic E-state index is 0.471. The lowest BCUT2D eigenvalue weighted by molar-refractivity contribution is 0.209. The van der Waals surface area contributed by atoms with Gasteiger partial charge in [-0.15, -0.1) is 0 Å². The fraction of sp³-hybridized carbons (Fsp3) is 0.455. The Hall–Kier alpha value is -2.20. The van der Waals surface area contributed by atoms with Gasteiger partial charge in [0.1, 0.15) is 19.0 Å². The van der Waals surface area contributed by atoms with Crippen LogP contribution in [0.4, 0.5) is 0 Å². The average Bonchev–Trinajstić information content (AvgIpc) is 2.69. The van der Waals surface area contributed by atoms with E-state index in [1.54, 1.807) is 7.11 Å². The zero-order valence-corrected chi connectivity index (χ0v) is 16.0. The molecule has 0 unspecified atom stereocenters. The quantitative estimate of drug-likeness (QED) is 0.522. The SMILES string of the molecule is CCCCCCNCc1cccc(OC)c1OCCOc1ccccc1. The largest absolute Gasteiger partial charge is 0.493 e. The molecule has 2 rings (SSSR count). The normalized spacial score (nSPS) is 10.5. The summed E-state index contributed by atoms with van der Waals surface area (Å²) in [7, 11) is 1.67. The predicted molar refractivity (Wildman–Crippen MR) is 106 cm³/mol. The van der Waals surface area contributed by atoms with Gasteiger partial charge in [-0.05, 0) is 31.2 Å². The van der Waals surface area contributed by atoms with Gasteiger partial charge in [0.15, 0.2) is 11.5 Å². The molecule has 0 saturated heterocycles. The van der Waals surface area contributed by atoms with Crippen molar-refractivity contribution in [1.29, 1.82) is 0 Å². The zero-order chi connectivity index (χ0) is 18.5. The van der Waals surface area contributed by atoms with Gasteiger partial charge >= 0.3 is 0 Å². The molecule has 0 aromatic heterocycles. The molecule has 142 valence electrons. The average molecular weight is 357 g/mol. The van der Waals surface area contributed by atoms with Crippen LogP contribution >= 0.6 is 0 Å². The van der Waals surface area contributed by atoms with Crippen molar-refractivity contribution in [2.24, 2.45) is 0 Å². The first-order chi connectivity index (χ1) is 12.8. The molecule has 0 amide bonds. The first kappa shape index (κ1) is 20.1. The van der Waals surface area contributed by atoms with Crippen molar-refractivity contribution in [1.82, 2.24) is 5.32 Å². The van der Waals surface area contributed by atoms with Crippen LogP contribution in [0.1, 0.15) is 38.2 Å². The summed E-state index contributed by atoms with van der Waals surface area (Å²) in [5.41, 5.74) is 1.11. The zero-order valence-electron chi connectivity index (χ0n) is 16.0. The van der Waals surface area contributed by atoms with Crippen LogP contribution < -0.4 is 19.5 Å². The molecule has 4 heteroatoms. The lowest BCUT2D eigenvalue weighted by Crippen LogP contribution is -2.17. The molecule has 4 nitrogen and oxygen atoms in total. The van der Waals surface area contributed by atoms with Gasteiger partial charge in [-0.25, -0.2) is 0 Å². The van der Waals surface area contributed by atoms with Crippen molar-refractivity contribution in [2.75, 3.05) is 26.9 Å². The molecule has 0 radical (unpaired) electrons. The second kappa shape index (κ2) is 12.2. The number of methoxy groups -OCH3 is 1. The second-order valence-corrected chi connectivity index (χ2v) is 6.20. The van der Waals surface area contributed by atoms with Crippen LogP contribution in [0.3, 0.4) is 0 Å². The van der Waals surface area contributed by atoms with Gasteiger partial charge < -0.3 is 19.5 Å². The van der Waals surface area contributed by atoms with Gasteiger partial charge in [0.05, 0.1) is 7.11 Å². The van der Waals surface area contributed by atoms with Crippen LogP contribution in [0, 0.1) is 0 Å². The van der Waals surface area contributed by atoms with E-state index >= 15 is 0 Å². The maximum Gasteiger partial charge on any atom is 0.165 e. The molecule has 1 N–H and O–H groups in total. The van der Waals surface area contributed by atoms with Crippen LogP contribution in [-0.2, 0) is 6.54 Å². The van der Waals surface area contributed by atoms with Crippen LogP contribution in [0.5, 0.6) is 17.2 Å². The van der Waals surface area contributed by atoms with E-state index in [0.29, 0.717) is 13.2 Å². The van der Waals surface area contributed by atoms with Gasteiger partial charge in [0, 0.05) is 12.1 Å². The summed E-state index contributed by atoms with van der Waals surface area (Å²) in [6.45, 7) is 4.99. The molecule has 2 aromatic rings. The van der Waals surface area contributed by atoms with E-state index < -0.39 is 0 Å². The fourth-order valence-corrected chi connectivity index (χ4v) is 2.74. The molecule has 0 heterocycles. The standard InChI is InChI=1S/C22H31NO3/c1-3-4-5-9-15-23-18-19-11-10-14-21(24-2)22(19)26-17-16-25-20-12-7-6-8-13-20/h6-8,10-14,23H,3-5,9,15-18H2,1-2H3. The molecular weight excluding hydrogens is 326 g/mol. The number of rotatable bonds is 13. The van der Waals surface area contributed by atoms with E-state index in [1.807, 2.05) is 42.5 Å². The number of nitrogens with one attached hydrogen (secondary N) is 1. The lowest BCUT2D eigenvalue weighted by atomic mass is 10.1. The van der Waals surface area contributed by atoms with Crippen molar-refractivity contribution < 1.29 is 14.2 Å². The molecular formula is C22H31NO3. The molecule has 2 aromatic carbocycles. The molecule has 0 aliphatic rings. The molecule has 0 spiro atoms. The van der Waals surface area contributed by atoms with Crippen molar-refractivity contribution in [3.8, 4) is 17.2 Å². The van der Waals surface area contributed by atoms with E-state index in [1.165, 1.54) is 25.7 Å². The number of para-hydroxylation sites is 2. The van der Waals surface area contributed by atoms with Gasteiger partial charge in [-0.2, -0.15) is 0 Å². The Balaban J connectivity index is 1.82. The van der Waals surface area contributed by atoms with E-state index in [0.717, 1.165) is 35.9 Å². The van der Waals surface area contributed by atoms with Gasteiger partial charge in [0.25, 0.3) is 0 Å². The number of hydrogen-bond acceptors (Lipinski definition) is 4. The Labute approximate surface area is 157 Å². The number of hydrogen-bond donors (Lipinski definition) is 1. The minimum Gasteiger partial charge on any atom is -0.493 e. The first-order valence-electron chi connectivity index (χ1n) is 9.52. The van der Waals surface area contributed by atoms with Crippen molar-refractivity contribution in [2.45, 2.75) is 39.2 Å². The summed E-state index contributed by atoms with van der Waals surface area (Å²) < 4.78 is 17.1. The van der Waals surface area contributed by atoms with E-state index in [4.69, 9.17) is 14.2 Å². The predicted octanol–water partition coefficient (Wildman–Crippen LogP) is 4.82. The summed E-state index contributed by atoms with van der Waals surface area (Å²) in [5, 5.41) is 3.50. The van der Waals surface area contributed by atoms with Crippen LogP contribution in [0.25, 0.3) is 0 Å². The molecule has 0 fully saturated rings. The maximum atomic E-state index is 5.99. The highest BCUT2D eigenvalue weighted by Gasteiger charge is 2.10. The van der Waals surface area contributed by atoms with Crippen LogP contribution in [0.2, 0.25) is 0 Å². The van der Waals surface area contributed by atoms with Gasteiger partial charge in [-0.1, -0.05) is 56.5 Å². The first-order valence-corrected chi connectivity index (χ1v) is 9.52. The van der Waals surface area contributed by atoms with Crippen molar-refractivity contribution >= 4 is 0 Å². The summed E-state index contributed by atoms with van der Waals surface area (Å²) in [5.74, 6) is 2.41. The Kier molecular flexibility index (Phi) is 9.44. The molecule has 0 aliphatic carbocycles. The maximum absolute atomic E-state index is 5.99. The van der Waals surface area contributed by atoms with Crippen molar-refractivity contribution in [3.63, 3.8) is 0 Å². The monoisotopic (exact) mass is 357 g/mol. The summed E-state index contributed by atoms with van der Waals surface area (Å²) >= 11 is 0. The Morgan fingerprint density at radius 1 is 0.846 bits per heavy atom. The number of benzene rings is 2. The molecule has 0 saturated carbocycles. The Bertz CT molecular complexity index is 616. The fourth-order valence-electron chi connectivity index (χ4n) is 2.74. The van der Waals surface area contributed by atoms with Gasteiger partial charge in [0.2, 0.25) is 0 Å². The molecule has 26 heavy (non-hydrogen) atoms. The smallest absolute Gasteiger partial charge is 0.165 e. The topological polar surface area (TPSA) is 39.7 Å². The summed E-state index contributed by atoms with van der Waals surface area (Å²) in [6, 6.07) is 15.8. The second-order valence-electron chi connectivity index (χ2n) is 6.20. The highest BCUT2D eigenvalue weighted by atomic mass is 16.5. The van der Waals surface area contributed by atoms with E-state index in [9.17, 15) is 0 Å². The van der Waals surface area contributed by atoms with Crippen molar-refractivity contribution in [3.05, 3.63) is 54.1 Å². The minimum absolute atomic E-state index is 0.471. The number of unbranched alkanes of at least 4 members (excludes halogenated alkanes) is 3.